The minimum Gasteiger partial charge on any atom is -0.490 e. The number of hydrazone groups is 1. The van der Waals surface area contributed by atoms with E-state index in [9.17, 15) is 4.79 Å². The molecule has 0 unspecified atom stereocenters. The van der Waals surface area contributed by atoms with Crippen molar-refractivity contribution < 1.29 is 19.0 Å². The van der Waals surface area contributed by atoms with Crippen LogP contribution in [0, 0.1) is 12.3 Å². The van der Waals surface area contributed by atoms with Crippen molar-refractivity contribution in [2.45, 2.75) is 51.9 Å². The molecule has 6 rings (SSSR count). The average Bonchev–Trinajstić information content (AvgIpc) is 3.47. The Morgan fingerprint density at radius 2 is 1.73 bits per heavy atom. The van der Waals surface area contributed by atoms with E-state index < -0.39 is 5.91 Å². The van der Waals surface area contributed by atoms with Crippen molar-refractivity contribution in [3.63, 3.8) is 0 Å². The van der Waals surface area contributed by atoms with Gasteiger partial charge >= 0.3 is 0 Å². The largest absolute Gasteiger partial charge is 0.490 e. The summed E-state index contributed by atoms with van der Waals surface area (Å²) >= 11 is 7.92. The van der Waals surface area contributed by atoms with E-state index in [1.54, 1.807) is 18.2 Å². The molecule has 1 aliphatic carbocycles. The molecule has 8 nitrogen and oxygen atoms in total. The van der Waals surface area contributed by atoms with E-state index in [1.807, 2.05) is 50.2 Å². The number of nitrogens with one attached hydrogen (secondary N) is 1. The second kappa shape index (κ2) is 13.9. The summed E-state index contributed by atoms with van der Waals surface area (Å²) in [7, 11) is 0. The maximum atomic E-state index is 13.0. The number of halogens is 1. The van der Waals surface area contributed by atoms with Gasteiger partial charge in [0.05, 0.1) is 17.2 Å². The van der Waals surface area contributed by atoms with Crippen molar-refractivity contribution in [2.24, 2.45) is 10.1 Å². The molecule has 0 spiro atoms. The lowest BCUT2D eigenvalue weighted by molar-refractivity contribution is -0.114. The number of nitrogens with zero attached hydrogens (tertiary/aromatic N) is 3. The molecule has 2 heterocycles. The van der Waals surface area contributed by atoms with Gasteiger partial charge < -0.3 is 14.2 Å². The predicted octanol–water partition coefficient (Wildman–Crippen LogP) is 8.22. The van der Waals surface area contributed by atoms with Gasteiger partial charge in [-0.25, -0.2) is 0 Å². The highest BCUT2D eigenvalue weighted by Crippen LogP contribution is 2.38. The zero-order valence-electron chi connectivity index (χ0n) is 25.3. The third-order valence-corrected chi connectivity index (χ3v) is 9.19. The first kappa shape index (κ1) is 30.9. The van der Waals surface area contributed by atoms with E-state index in [-0.39, 0.29) is 18.0 Å². The topological polar surface area (TPSA) is 96.6 Å². The lowest BCUT2D eigenvalue weighted by Crippen LogP contribution is -2.35. The number of aryl methyl sites for hydroxylation is 1. The van der Waals surface area contributed by atoms with E-state index in [1.165, 1.54) is 54.4 Å². The minimum absolute atomic E-state index is 0.0575. The number of amidine groups is 2. The van der Waals surface area contributed by atoms with Crippen molar-refractivity contribution in [3.8, 4) is 17.2 Å². The van der Waals surface area contributed by atoms with Gasteiger partial charge in [-0.1, -0.05) is 72.8 Å². The van der Waals surface area contributed by atoms with Gasteiger partial charge in [0, 0.05) is 5.56 Å². The summed E-state index contributed by atoms with van der Waals surface area (Å²) in [6.45, 7) is 4.87. The molecule has 1 amide bonds. The van der Waals surface area contributed by atoms with Crippen molar-refractivity contribution in [2.75, 3.05) is 19.8 Å². The monoisotopic (exact) mass is 642 g/mol. The van der Waals surface area contributed by atoms with Gasteiger partial charge in [0.15, 0.2) is 17.3 Å². The van der Waals surface area contributed by atoms with Gasteiger partial charge in [-0.2, -0.15) is 15.1 Å². The molecule has 1 saturated carbocycles. The number of hydrogen-bond donors (Lipinski definition) is 1. The summed E-state index contributed by atoms with van der Waals surface area (Å²) in [4.78, 5) is 17.2. The molecule has 232 valence electrons. The second-order valence-corrected chi connectivity index (χ2v) is 12.5. The van der Waals surface area contributed by atoms with Gasteiger partial charge in [0.2, 0.25) is 5.17 Å². The number of fused-ring (bicyclic) bond motifs is 1. The summed E-state index contributed by atoms with van der Waals surface area (Å²) in [6.07, 6.45) is 8.07. The summed E-state index contributed by atoms with van der Waals surface area (Å²) in [5.74, 6) is 1.71. The summed E-state index contributed by atoms with van der Waals surface area (Å²) in [6, 6.07) is 19.7. The first-order valence-corrected chi connectivity index (χ1v) is 16.5. The van der Waals surface area contributed by atoms with Gasteiger partial charge in [-0.05, 0) is 85.8 Å². The molecule has 0 atom stereocenters. The van der Waals surface area contributed by atoms with Crippen LogP contribution < -0.4 is 14.2 Å². The Morgan fingerprint density at radius 1 is 1.00 bits per heavy atom. The van der Waals surface area contributed by atoms with Crippen molar-refractivity contribution in [3.05, 3.63) is 93.5 Å². The number of hydrogen-bond acceptors (Lipinski definition) is 7. The van der Waals surface area contributed by atoms with Gasteiger partial charge in [-0.15, -0.1) is 0 Å². The number of carbonyl (C=O) groups is 1. The van der Waals surface area contributed by atoms with Crippen molar-refractivity contribution >= 4 is 51.4 Å². The Bertz CT molecular complexity index is 1680. The molecular formula is C35H35ClN4O4S. The zero-order chi connectivity index (χ0) is 31.3. The van der Waals surface area contributed by atoms with Crippen LogP contribution >= 0.6 is 23.4 Å². The van der Waals surface area contributed by atoms with Crippen LogP contribution in [0.15, 0.2) is 76.3 Å². The van der Waals surface area contributed by atoms with Crippen LogP contribution in [0.25, 0.3) is 6.08 Å². The third kappa shape index (κ3) is 7.10. The minimum atomic E-state index is -0.516. The molecule has 2 aliphatic heterocycles. The summed E-state index contributed by atoms with van der Waals surface area (Å²) in [5.41, 5.74) is 4.10. The first-order chi connectivity index (χ1) is 21.9. The Labute approximate surface area is 272 Å². The standard InChI is InChI=1S/C35H35ClN4O4S/c1-3-42-30-21-23(19-28-32(37)40-35(38-33(28)41)45-34(39-40)26-11-9-22(2)10-12-26)20-29(36)31(30)44-18-17-43-27-15-13-25(14-16-27)24-7-5-4-6-8-24/h9-16,19-21,24,37H,3-8,17-18H2,1-2H3/b28-19-,37-32?. The van der Waals surface area contributed by atoms with E-state index in [2.05, 4.69) is 22.2 Å². The number of amides is 1. The molecule has 10 heteroatoms. The number of carbonyl (C=O) groups excluding carboxylic acids is 1. The Kier molecular flexibility index (Phi) is 9.56. The van der Waals surface area contributed by atoms with Crippen LogP contribution in [0.4, 0.5) is 0 Å². The van der Waals surface area contributed by atoms with E-state index >= 15 is 0 Å². The Hall–Kier alpha value is -4.08. The lowest BCUT2D eigenvalue weighted by Gasteiger charge is -2.22. The van der Waals surface area contributed by atoms with Gasteiger partial charge in [0.1, 0.15) is 24.0 Å². The van der Waals surface area contributed by atoms with Crippen LogP contribution in [-0.4, -0.2) is 46.8 Å². The Balaban J connectivity index is 1.12. The number of ether oxygens (including phenoxy) is 3. The zero-order valence-corrected chi connectivity index (χ0v) is 26.9. The van der Waals surface area contributed by atoms with Crippen LogP contribution in [0.2, 0.25) is 5.02 Å². The molecule has 3 aliphatic rings. The highest BCUT2D eigenvalue weighted by molar-refractivity contribution is 8.27. The molecule has 3 aromatic carbocycles. The highest BCUT2D eigenvalue weighted by Gasteiger charge is 2.36. The molecule has 45 heavy (non-hydrogen) atoms. The number of benzene rings is 3. The van der Waals surface area contributed by atoms with E-state index in [0.29, 0.717) is 51.4 Å². The van der Waals surface area contributed by atoms with E-state index in [0.717, 1.165) is 16.9 Å². The number of rotatable bonds is 10. The van der Waals surface area contributed by atoms with Gasteiger partial charge in [-0.3, -0.25) is 10.2 Å². The third-order valence-electron chi connectivity index (χ3n) is 7.95. The maximum absolute atomic E-state index is 13.0. The Morgan fingerprint density at radius 3 is 2.47 bits per heavy atom. The van der Waals surface area contributed by atoms with E-state index in [4.69, 9.17) is 31.2 Å². The lowest BCUT2D eigenvalue weighted by atomic mass is 9.84. The normalized spacial score (nSPS) is 17.7. The van der Waals surface area contributed by atoms with Crippen LogP contribution in [-0.2, 0) is 4.79 Å². The maximum Gasteiger partial charge on any atom is 0.283 e. The molecule has 0 saturated heterocycles. The van der Waals surface area contributed by atoms with Crippen LogP contribution in [0.5, 0.6) is 17.2 Å². The molecule has 1 fully saturated rings. The fourth-order valence-electron chi connectivity index (χ4n) is 5.62. The second-order valence-electron chi connectivity index (χ2n) is 11.2. The first-order valence-electron chi connectivity index (χ1n) is 15.3. The molecular weight excluding hydrogens is 608 g/mol. The summed E-state index contributed by atoms with van der Waals surface area (Å²) in [5, 5.41) is 16.1. The number of thioether (sulfide) groups is 1. The average molecular weight is 643 g/mol. The molecule has 3 aromatic rings. The van der Waals surface area contributed by atoms with Gasteiger partial charge in [0.25, 0.3) is 5.91 Å². The summed E-state index contributed by atoms with van der Waals surface area (Å²) < 4.78 is 17.8. The SMILES string of the molecule is CCOc1cc(/C=C2/C(=N)N3N=C(c4ccc(C)cc4)SC3=NC2=O)cc(Cl)c1OCCOc1ccc(C2CCCCC2)cc1. The number of aliphatic imine (C=N–C) groups is 1. The molecule has 0 radical (unpaired) electrons. The fourth-order valence-corrected chi connectivity index (χ4v) is 6.79. The quantitative estimate of drug-likeness (QED) is 0.177. The van der Waals surface area contributed by atoms with Crippen LogP contribution in [0.3, 0.4) is 0 Å². The van der Waals surface area contributed by atoms with Crippen LogP contribution in [0.1, 0.15) is 67.2 Å². The van der Waals surface area contributed by atoms with Crippen molar-refractivity contribution in [1.29, 1.82) is 5.41 Å². The smallest absolute Gasteiger partial charge is 0.283 e. The van der Waals surface area contributed by atoms with Crippen molar-refractivity contribution in [1.82, 2.24) is 5.01 Å². The molecule has 1 N–H and O–H groups in total. The fraction of sp³-hybridized carbons (Fsp3) is 0.314. The molecule has 0 bridgehead atoms. The highest BCUT2D eigenvalue weighted by atomic mass is 35.5. The molecule has 0 aromatic heterocycles. The predicted molar refractivity (Wildman–Crippen MR) is 181 cm³/mol.